The fourth-order valence-electron chi connectivity index (χ4n) is 1.66. The van der Waals surface area contributed by atoms with Crippen molar-refractivity contribution < 1.29 is 8.42 Å². The first kappa shape index (κ1) is 15.7. The summed E-state index contributed by atoms with van der Waals surface area (Å²) in [6.45, 7) is 3.39. The van der Waals surface area contributed by atoms with E-state index in [-0.39, 0.29) is 6.54 Å². The normalized spacial score (nSPS) is 12.6. The molecule has 2 rings (SSSR count). The number of tetrazole rings is 1. The van der Waals surface area contributed by atoms with Gasteiger partial charge in [0.1, 0.15) is 0 Å². The van der Waals surface area contributed by atoms with Gasteiger partial charge in [0.25, 0.3) is 0 Å². The molecule has 0 saturated carbocycles. The highest BCUT2D eigenvalue weighted by Crippen LogP contribution is 2.26. The summed E-state index contributed by atoms with van der Waals surface area (Å²) in [5, 5.41) is 11.8. The third-order valence-electron chi connectivity index (χ3n) is 3.32. The highest BCUT2D eigenvalue weighted by Gasteiger charge is 2.32. The van der Waals surface area contributed by atoms with Crippen molar-refractivity contribution in [2.45, 2.75) is 25.1 Å². The van der Waals surface area contributed by atoms with Crippen LogP contribution in [0.1, 0.15) is 13.8 Å². The van der Waals surface area contributed by atoms with Crippen LogP contribution in [0.15, 0.2) is 18.2 Å². The van der Waals surface area contributed by atoms with Crippen LogP contribution < -0.4 is 5.73 Å². The summed E-state index contributed by atoms with van der Waals surface area (Å²) in [6, 6.07) is 5.03. The van der Waals surface area contributed by atoms with Crippen molar-refractivity contribution in [3.05, 3.63) is 23.2 Å². The van der Waals surface area contributed by atoms with Crippen LogP contribution in [0.5, 0.6) is 0 Å². The Morgan fingerprint density at radius 2 is 2.05 bits per heavy atom. The number of sulfone groups is 1. The van der Waals surface area contributed by atoms with Crippen LogP contribution in [0, 0.1) is 0 Å². The van der Waals surface area contributed by atoms with Crippen molar-refractivity contribution in [2.75, 3.05) is 12.0 Å². The Balaban J connectivity index is 2.42. The number of nitrogens with two attached hydrogens (primary N) is 1. The van der Waals surface area contributed by atoms with Gasteiger partial charge in [0, 0.05) is 11.8 Å². The molecular formula is C12H16ClN5O2S. The van der Waals surface area contributed by atoms with Crippen LogP contribution in [-0.2, 0) is 16.4 Å². The molecule has 9 heteroatoms. The predicted molar refractivity (Wildman–Crippen MR) is 81.6 cm³/mol. The SMILES string of the molecule is CC(C)(Cn1nnnc1-c1ccc(N)c(Cl)c1)S(C)(=O)=O. The Hall–Kier alpha value is -1.67. The van der Waals surface area contributed by atoms with Gasteiger partial charge in [0.15, 0.2) is 15.7 Å². The Labute approximate surface area is 128 Å². The third-order valence-corrected chi connectivity index (χ3v) is 5.79. The molecule has 0 bridgehead atoms. The van der Waals surface area contributed by atoms with Crippen LogP contribution in [0.25, 0.3) is 11.4 Å². The van der Waals surface area contributed by atoms with E-state index in [4.69, 9.17) is 17.3 Å². The molecule has 0 spiro atoms. The zero-order valence-corrected chi connectivity index (χ0v) is 13.5. The number of hydrogen-bond acceptors (Lipinski definition) is 6. The largest absolute Gasteiger partial charge is 0.398 e. The van der Waals surface area contributed by atoms with Gasteiger partial charge in [0.05, 0.1) is 22.0 Å². The first-order valence-electron chi connectivity index (χ1n) is 6.13. The Bertz CT molecular complexity index is 770. The summed E-state index contributed by atoms with van der Waals surface area (Å²) in [4.78, 5) is 0. The molecule has 1 aromatic heterocycles. The highest BCUT2D eigenvalue weighted by molar-refractivity contribution is 7.92. The summed E-state index contributed by atoms with van der Waals surface area (Å²) < 4.78 is 24.1. The zero-order chi connectivity index (χ0) is 15.8. The van der Waals surface area contributed by atoms with Crippen molar-refractivity contribution in [3.63, 3.8) is 0 Å². The first-order chi connectivity index (χ1) is 9.62. The van der Waals surface area contributed by atoms with E-state index in [0.29, 0.717) is 22.1 Å². The van der Waals surface area contributed by atoms with Crippen LogP contribution in [0.4, 0.5) is 5.69 Å². The van der Waals surface area contributed by atoms with Crippen LogP contribution in [-0.4, -0.2) is 39.6 Å². The second-order valence-electron chi connectivity index (χ2n) is 5.43. The van der Waals surface area contributed by atoms with Crippen molar-refractivity contribution >= 4 is 27.1 Å². The molecule has 1 heterocycles. The minimum atomic E-state index is -3.25. The maximum Gasteiger partial charge on any atom is 0.182 e. The lowest BCUT2D eigenvalue weighted by molar-refractivity contribution is 0.471. The summed E-state index contributed by atoms with van der Waals surface area (Å²) in [5.74, 6) is 0.439. The third kappa shape index (κ3) is 3.16. The number of nitrogens with zero attached hydrogens (tertiary/aromatic N) is 4. The van der Waals surface area contributed by atoms with E-state index in [0.717, 1.165) is 0 Å². The summed E-state index contributed by atoms with van der Waals surface area (Å²) in [7, 11) is -3.25. The molecule has 0 aliphatic heterocycles. The Kier molecular flexibility index (Phi) is 3.94. The smallest absolute Gasteiger partial charge is 0.182 e. The van der Waals surface area contributed by atoms with Gasteiger partial charge in [-0.1, -0.05) is 11.6 Å². The van der Waals surface area contributed by atoms with E-state index in [1.165, 1.54) is 10.9 Å². The van der Waals surface area contributed by atoms with E-state index < -0.39 is 14.6 Å². The highest BCUT2D eigenvalue weighted by atomic mass is 35.5. The van der Waals surface area contributed by atoms with Crippen molar-refractivity contribution in [2.24, 2.45) is 0 Å². The summed E-state index contributed by atoms with van der Waals surface area (Å²) >= 11 is 5.99. The molecule has 0 aliphatic carbocycles. The van der Waals surface area contributed by atoms with Gasteiger partial charge >= 0.3 is 0 Å². The molecule has 0 unspecified atom stereocenters. The minimum absolute atomic E-state index is 0.135. The fourth-order valence-corrected chi connectivity index (χ4v) is 2.20. The summed E-state index contributed by atoms with van der Waals surface area (Å²) in [5.41, 5.74) is 6.79. The molecule has 2 N–H and O–H groups in total. The molecule has 114 valence electrons. The number of rotatable bonds is 4. The Morgan fingerprint density at radius 3 is 2.62 bits per heavy atom. The van der Waals surface area contributed by atoms with Gasteiger partial charge in [-0.15, -0.1) is 5.10 Å². The molecule has 7 nitrogen and oxygen atoms in total. The quantitative estimate of drug-likeness (QED) is 0.850. The lowest BCUT2D eigenvalue weighted by Gasteiger charge is -2.22. The molecular weight excluding hydrogens is 314 g/mol. The van der Waals surface area contributed by atoms with Crippen LogP contribution in [0.3, 0.4) is 0 Å². The molecule has 0 amide bonds. The van der Waals surface area contributed by atoms with Crippen LogP contribution >= 0.6 is 11.6 Å². The van der Waals surface area contributed by atoms with Gasteiger partial charge < -0.3 is 5.73 Å². The lowest BCUT2D eigenvalue weighted by atomic mass is 10.1. The standard InChI is InChI=1S/C12H16ClN5O2S/c1-12(2,21(3,19)20)7-18-11(15-16-17-18)8-4-5-10(14)9(13)6-8/h4-6H,7,14H2,1-3H3. The molecule has 2 aromatic rings. The molecule has 21 heavy (non-hydrogen) atoms. The first-order valence-corrected chi connectivity index (χ1v) is 8.40. The summed E-state index contributed by atoms with van der Waals surface area (Å²) in [6.07, 6.45) is 1.19. The van der Waals surface area contributed by atoms with Gasteiger partial charge in [-0.25, -0.2) is 13.1 Å². The fraction of sp³-hybridized carbons (Fsp3) is 0.417. The molecule has 1 aromatic carbocycles. The average molecular weight is 330 g/mol. The van der Waals surface area contributed by atoms with Crippen molar-refractivity contribution in [1.82, 2.24) is 20.2 Å². The molecule has 0 radical (unpaired) electrons. The lowest BCUT2D eigenvalue weighted by Crippen LogP contribution is -2.36. The van der Waals surface area contributed by atoms with Gasteiger partial charge in [-0.2, -0.15) is 0 Å². The second-order valence-corrected chi connectivity index (χ2v) is 8.48. The second kappa shape index (κ2) is 5.27. The Morgan fingerprint density at radius 1 is 1.38 bits per heavy atom. The van der Waals surface area contributed by atoms with Crippen molar-refractivity contribution in [1.29, 1.82) is 0 Å². The van der Waals surface area contributed by atoms with E-state index in [1.54, 1.807) is 32.0 Å². The number of hydrogen-bond donors (Lipinski definition) is 1. The maximum atomic E-state index is 11.8. The molecule has 0 fully saturated rings. The van der Waals surface area contributed by atoms with Gasteiger partial charge in [-0.3, -0.25) is 0 Å². The van der Waals surface area contributed by atoms with E-state index >= 15 is 0 Å². The monoisotopic (exact) mass is 329 g/mol. The average Bonchev–Trinajstić information content (AvgIpc) is 2.78. The van der Waals surface area contributed by atoms with Gasteiger partial charge in [-0.05, 0) is 42.5 Å². The van der Waals surface area contributed by atoms with E-state index in [2.05, 4.69) is 15.5 Å². The van der Waals surface area contributed by atoms with Crippen LogP contribution in [0.2, 0.25) is 5.02 Å². The van der Waals surface area contributed by atoms with Crippen molar-refractivity contribution in [3.8, 4) is 11.4 Å². The van der Waals surface area contributed by atoms with Gasteiger partial charge in [0.2, 0.25) is 0 Å². The topological polar surface area (TPSA) is 104 Å². The number of benzene rings is 1. The molecule has 0 saturated heterocycles. The maximum absolute atomic E-state index is 11.8. The minimum Gasteiger partial charge on any atom is -0.398 e. The van der Waals surface area contributed by atoms with E-state index in [1.807, 2.05) is 0 Å². The zero-order valence-electron chi connectivity index (χ0n) is 11.9. The van der Waals surface area contributed by atoms with E-state index in [9.17, 15) is 8.42 Å². The number of anilines is 1. The predicted octanol–water partition coefficient (Wildman–Crippen LogP) is 1.40. The molecule has 0 atom stereocenters. The number of nitrogen functional groups attached to an aromatic ring is 1. The number of halogens is 1. The number of aromatic nitrogens is 4. The molecule has 0 aliphatic rings.